The topological polar surface area (TPSA) is 93.1 Å². The predicted molar refractivity (Wildman–Crippen MR) is 55.6 cm³/mol. The van der Waals surface area contributed by atoms with E-state index in [-0.39, 0.29) is 13.2 Å². The minimum absolute atomic E-state index is 0.196. The monoisotopic (exact) mass is 232 g/mol. The van der Waals surface area contributed by atoms with E-state index in [9.17, 15) is 9.59 Å². The molecule has 0 aromatic heterocycles. The molecule has 0 fully saturated rings. The first-order chi connectivity index (χ1) is 7.63. The summed E-state index contributed by atoms with van der Waals surface area (Å²) >= 11 is 0. The van der Waals surface area contributed by atoms with Crippen LogP contribution in [0.1, 0.15) is 25.7 Å². The van der Waals surface area contributed by atoms with Gasteiger partial charge in [-0.05, 0) is 25.7 Å². The second-order valence-corrected chi connectivity index (χ2v) is 2.98. The zero-order chi connectivity index (χ0) is 12.2. The van der Waals surface area contributed by atoms with Gasteiger partial charge in [0.2, 0.25) is 0 Å². The van der Waals surface area contributed by atoms with E-state index in [0.717, 1.165) is 12.8 Å². The second kappa shape index (κ2) is 9.82. The minimum atomic E-state index is -1.25. The molecule has 0 bridgehead atoms. The van der Waals surface area contributed by atoms with Crippen molar-refractivity contribution in [2.24, 2.45) is 0 Å². The van der Waals surface area contributed by atoms with Crippen LogP contribution in [0.2, 0.25) is 0 Å². The van der Waals surface area contributed by atoms with Crippen molar-refractivity contribution >= 4 is 12.3 Å². The number of ether oxygens (including phenoxy) is 2. The van der Waals surface area contributed by atoms with Crippen LogP contribution < -0.4 is 0 Å². The summed E-state index contributed by atoms with van der Waals surface area (Å²) in [6, 6.07) is 0. The highest BCUT2D eigenvalue weighted by Crippen LogP contribution is 1.97. The summed E-state index contributed by atoms with van der Waals surface area (Å²) in [5.41, 5.74) is 0. The maximum atomic E-state index is 9.96. The Kier molecular flexibility index (Phi) is 8.76. The summed E-state index contributed by atoms with van der Waals surface area (Å²) in [4.78, 5) is 19.9. The van der Waals surface area contributed by atoms with Gasteiger partial charge in [-0.3, -0.25) is 0 Å². The Morgan fingerprint density at radius 3 is 1.56 bits per heavy atom. The molecule has 0 saturated heterocycles. The van der Waals surface area contributed by atoms with Crippen LogP contribution in [0.15, 0.2) is 12.2 Å². The molecule has 0 aromatic rings. The molecule has 0 rings (SSSR count). The van der Waals surface area contributed by atoms with E-state index < -0.39 is 12.3 Å². The summed E-state index contributed by atoms with van der Waals surface area (Å²) in [7, 11) is 0. The van der Waals surface area contributed by atoms with E-state index in [0.29, 0.717) is 12.8 Å². The van der Waals surface area contributed by atoms with Crippen molar-refractivity contribution in [2.45, 2.75) is 25.7 Å². The lowest BCUT2D eigenvalue weighted by atomic mass is 10.2. The van der Waals surface area contributed by atoms with Gasteiger partial charge < -0.3 is 19.7 Å². The van der Waals surface area contributed by atoms with Crippen molar-refractivity contribution in [3.05, 3.63) is 12.2 Å². The van der Waals surface area contributed by atoms with Gasteiger partial charge in [-0.15, -0.1) is 0 Å². The molecule has 0 aliphatic carbocycles. The molecule has 2 N–H and O–H groups in total. The molecule has 6 heteroatoms. The third kappa shape index (κ3) is 12.3. The first kappa shape index (κ1) is 14.3. The van der Waals surface area contributed by atoms with Crippen LogP contribution in [0.25, 0.3) is 0 Å². The van der Waals surface area contributed by atoms with Gasteiger partial charge >= 0.3 is 12.3 Å². The molecule has 0 spiro atoms. The van der Waals surface area contributed by atoms with Crippen LogP contribution in [0.4, 0.5) is 9.59 Å². The van der Waals surface area contributed by atoms with Gasteiger partial charge in [-0.25, -0.2) is 9.59 Å². The lowest BCUT2D eigenvalue weighted by molar-refractivity contribution is 0.0894. The molecule has 0 saturated carbocycles. The van der Waals surface area contributed by atoms with Gasteiger partial charge in [-0.1, -0.05) is 12.2 Å². The van der Waals surface area contributed by atoms with Crippen molar-refractivity contribution in [2.75, 3.05) is 13.2 Å². The maximum Gasteiger partial charge on any atom is 0.505 e. The van der Waals surface area contributed by atoms with E-state index >= 15 is 0 Å². The molecule has 92 valence electrons. The molecule has 0 amide bonds. The number of hydrogen-bond donors (Lipinski definition) is 2. The molecule has 0 aromatic carbocycles. The molecule has 0 radical (unpaired) electrons. The Hall–Kier alpha value is -1.72. The van der Waals surface area contributed by atoms with Crippen molar-refractivity contribution in [3.63, 3.8) is 0 Å². The van der Waals surface area contributed by atoms with Gasteiger partial charge in [0.25, 0.3) is 0 Å². The highest BCUT2D eigenvalue weighted by Gasteiger charge is 1.94. The molecule has 0 atom stereocenters. The van der Waals surface area contributed by atoms with Crippen molar-refractivity contribution in [1.82, 2.24) is 0 Å². The Bertz CT molecular complexity index is 211. The van der Waals surface area contributed by atoms with Crippen LogP contribution in [0, 0.1) is 0 Å². The summed E-state index contributed by atoms with van der Waals surface area (Å²) in [5, 5.41) is 16.3. The van der Waals surface area contributed by atoms with Crippen molar-refractivity contribution in [1.29, 1.82) is 0 Å². The highest BCUT2D eigenvalue weighted by molar-refractivity contribution is 5.56. The quantitative estimate of drug-likeness (QED) is 0.379. The van der Waals surface area contributed by atoms with Gasteiger partial charge in [0.05, 0.1) is 13.2 Å². The molecule has 16 heavy (non-hydrogen) atoms. The minimum Gasteiger partial charge on any atom is -0.450 e. The third-order valence-electron chi connectivity index (χ3n) is 1.65. The van der Waals surface area contributed by atoms with E-state index in [1.54, 1.807) is 0 Å². The number of hydrogen-bond acceptors (Lipinski definition) is 4. The molecule has 0 unspecified atom stereocenters. The molecule has 6 nitrogen and oxygen atoms in total. The fraction of sp³-hybridized carbons (Fsp3) is 0.600. The van der Waals surface area contributed by atoms with Crippen LogP contribution in [-0.4, -0.2) is 35.7 Å². The summed E-state index contributed by atoms with van der Waals surface area (Å²) < 4.78 is 8.62. The van der Waals surface area contributed by atoms with Crippen LogP contribution in [0.3, 0.4) is 0 Å². The molecule has 0 aliphatic rings. The second-order valence-electron chi connectivity index (χ2n) is 2.98. The first-order valence-corrected chi connectivity index (χ1v) is 4.99. The van der Waals surface area contributed by atoms with E-state index in [1.807, 2.05) is 12.2 Å². The zero-order valence-corrected chi connectivity index (χ0v) is 8.92. The zero-order valence-electron chi connectivity index (χ0n) is 8.92. The SMILES string of the molecule is O=C(O)OCCCC=CCCCOC(=O)O. The van der Waals surface area contributed by atoms with Crippen LogP contribution in [0.5, 0.6) is 0 Å². The molecular formula is C10H16O6. The van der Waals surface area contributed by atoms with Crippen LogP contribution in [-0.2, 0) is 9.47 Å². The smallest absolute Gasteiger partial charge is 0.450 e. The number of carboxylic acid groups (broad SMARTS) is 2. The number of unbranched alkanes of at least 4 members (excludes halogenated alkanes) is 2. The third-order valence-corrected chi connectivity index (χ3v) is 1.65. The average Bonchev–Trinajstić information content (AvgIpc) is 2.20. The van der Waals surface area contributed by atoms with E-state index in [2.05, 4.69) is 9.47 Å². The summed E-state index contributed by atoms with van der Waals surface area (Å²) in [6.45, 7) is 0.392. The Morgan fingerprint density at radius 2 is 1.25 bits per heavy atom. The Labute approximate surface area is 93.5 Å². The Morgan fingerprint density at radius 1 is 0.875 bits per heavy atom. The lowest BCUT2D eigenvalue weighted by Crippen LogP contribution is -2.01. The summed E-state index contributed by atoms with van der Waals surface area (Å²) in [6.07, 6.45) is 4.09. The highest BCUT2D eigenvalue weighted by atomic mass is 16.7. The lowest BCUT2D eigenvalue weighted by Gasteiger charge is -1.98. The standard InChI is InChI=1S/C10H16O6/c11-9(12)15-7-5-3-1-2-4-6-8-16-10(13)14/h1-2H,3-8H2,(H,11,12)(H,13,14). The average molecular weight is 232 g/mol. The number of allylic oxidation sites excluding steroid dienone is 2. The van der Waals surface area contributed by atoms with Gasteiger partial charge in [0.15, 0.2) is 0 Å². The molecule has 0 heterocycles. The molecule has 0 aliphatic heterocycles. The first-order valence-electron chi connectivity index (χ1n) is 4.99. The van der Waals surface area contributed by atoms with Crippen molar-refractivity contribution < 1.29 is 29.3 Å². The number of carbonyl (C=O) groups is 2. The van der Waals surface area contributed by atoms with Crippen molar-refractivity contribution in [3.8, 4) is 0 Å². The Balaban J connectivity index is 3.16. The molecular weight excluding hydrogens is 216 g/mol. The predicted octanol–water partition coefficient (Wildman–Crippen LogP) is 2.49. The normalized spacial score (nSPS) is 10.2. The van der Waals surface area contributed by atoms with Crippen LogP contribution >= 0.6 is 0 Å². The van der Waals surface area contributed by atoms with Gasteiger partial charge in [0, 0.05) is 0 Å². The fourth-order valence-corrected chi connectivity index (χ4v) is 0.957. The van der Waals surface area contributed by atoms with E-state index in [1.165, 1.54) is 0 Å². The fourth-order valence-electron chi connectivity index (χ4n) is 0.957. The van der Waals surface area contributed by atoms with E-state index in [4.69, 9.17) is 10.2 Å². The number of rotatable bonds is 8. The maximum absolute atomic E-state index is 9.96. The summed E-state index contributed by atoms with van der Waals surface area (Å²) in [5.74, 6) is 0. The van der Waals surface area contributed by atoms with Gasteiger partial charge in [0.1, 0.15) is 0 Å². The largest absolute Gasteiger partial charge is 0.505 e. The van der Waals surface area contributed by atoms with Gasteiger partial charge in [-0.2, -0.15) is 0 Å².